The molecule has 0 saturated heterocycles. The maximum Gasteiger partial charge on any atom is 0.303 e. The van der Waals surface area contributed by atoms with Crippen LogP contribution in [0, 0.1) is 0 Å². The number of benzene rings is 1. The molecule has 22 heavy (non-hydrogen) atoms. The van der Waals surface area contributed by atoms with Gasteiger partial charge in [-0.25, -0.2) is 0 Å². The van der Waals surface area contributed by atoms with Gasteiger partial charge in [0.15, 0.2) is 0 Å². The molecule has 0 aliphatic rings. The van der Waals surface area contributed by atoms with Gasteiger partial charge in [-0.15, -0.1) is 0 Å². The lowest BCUT2D eigenvalue weighted by atomic mass is 10.1. The predicted octanol–water partition coefficient (Wildman–Crippen LogP) is 3.04. The smallest absolute Gasteiger partial charge is 0.303 e. The third-order valence-corrected chi connectivity index (χ3v) is 3.47. The molecule has 0 aliphatic heterocycles. The summed E-state index contributed by atoms with van der Waals surface area (Å²) in [5, 5.41) is 11.9. The summed E-state index contributed by atoms with van der Waals surface area (Å²) < 4.78 is 5.20. The standard InChI is InChI=1S/C16H22ClNO4/c1-22-14-8-7-13(17)10-12(14)11-15(19)18-9-5-3-2-4-6-16(20)21/h7-8,10H,2-6,9,11H2,1H3,(H,18,19)(H,20,21). The minimum absolute atomic E-state index is 0.0777. The van der Waals surface area contributed by atoms with E-state index in [1.807, 2.05) is 0 Å². The van der Waals surface area contributed by atoms with Crippen LogP contribution in [0.5, 0.6) is 5.75 Å². The van der Waals surface area contributed by atoms with Gasteiger partial charge in [-0.05, 0) is 31.0 Å². The van der Waals surface area contributed by atoms with Crippen molar-refractivity contribution < 1.29 is 19.4 Å². The maximum absolute atomic E-state index is 11.9. The number of nitrogens with one attached hydrogen (secondary N) is 1. The second-order valence-corrected chi connectivity index (χ2v) is 5.48. The Kier molecular flexibility index (Phi) is 8.36. The Bertz CT molecular complexity index is 505. The van der Waals surface area contributed by atoms with Crippen molar-refractivity contribution in [3.63, 3.8) is 0 Å². The number of carboxylic acids is 1. The first-order chi connectivity index (χ1) is 10.5. The number of carboxylic acid groups (broad SMARTS) is 1. The zero-order chi connectivity index (χ0) is 16.4. The molecule has 0 radical (unpaired) electrons. The highest BCUT2D eigenvalue weighted by atomic mass is 35.5. The number of hydrogen-bond donors (Lipinski definition) is 2. The molecule has 0 aromatic heterocycles. The zero-order valence-electron chi connectivity index (χ0n) is 12.7. The molecule has 1 aromatic carbocycles. The Morgan fingerprint density at radius 3 is 2.64 bits per heavy atom. The summed E-state index contributed by atoms with van der Waals surface area (Å²) in [6.07, 6.45) is 3.74. The molecule has 122 valence electrons. The number of rotatable bonds is 10. The van der Waals surface area contributed by atoms with Gasteiger partial charge in [0.1, 0.15) is 5.75 Å². The van der Waals surface area contributed by atoms with Crippen LogP contribution < -0.4 is 10.1 Å². The highest BCUT2D eigenvalue weighted by molar-refractivity contribution is 6.30. The molecule has 0 heterocycles. The third-order valence-electron chi connectivity index (χ3n) is 3.23. The lowest BCUT2D eigenvalue weighted by Crippen LogP contribution is -2.26. The molecule has 0 bridgehead atoms. The van der Waals surface area contributed by atoms with Crippen LogP contribution in [0.15, 0.2) is 18.2 Å². The highest BCUT2D eigenvalue weighted by Gasteiger charge is 2.09. The van der Waals surface area contributed by atoms with E-state index in [1.165, 1.54) is 0 Å². The maximum atomic E-state index is 11.9. The van der Waals surface area contributed by atoms with Crippen LogP contribution >= 0.6 is 11.6 Å². The van der Waals surface area contributed by atoms with Crippen molar-refractivity contribution in [3.05, 3.63) is 28.8 Å². The Balaban J connectivity index is 2.24. The number of amides is 1. The molecular formula is C16H22ClNO4. The molecule has 0 aliphatic carbocycles. The van der Waals surface area contributed by atoms with Gasteiger partial charge in [0.05, 0.1) is 13.5 Å². The van der Waals surface area contributed by atoms with Crippen molar-refractivity contribution in [2.24, 2.45) is 0 Å². The van der Waals surface area contributed by atoms with E-state index in [4.69, 9.17) is 21.4 Å². The third kappa shape index (κ3) is 7.31. The minimum Gasteiger partial charge on any atom is -0.496 e. The van der Waals surface area contributed by atoms with Crippen LogP contribution in [0.2, 0.25) is 5.02 Å². The van der Waals surface area contributed by atoms with Crippen LogP contribution in [0.25, 0.3) is 0 Å². The molecule has 2 N–H and O–H groups in total. The van der Waals surface area contributed by atoms with E-state index in [1.54, 1.807) is 25.3 Å². The average molecular weight is 328 g/mol. The Morgan fingerprint density at radius 1 is 1.23 bits per heavy atom. The van der Waals surface area contributed by atoms with Crippen LogP contribution in [0.3, 0.4) is 0 Å². The first kappa shape index (κ1) is 18.3. The number of carbonyl (C=O) groups excluding carboxylic acids is 1. The number of aliphatic carboxylic acids is 1. The molecule has 0 unspecified atom stereocenters. The summed E-state index contributed by atoms with van der Waals surface area (Å²) in [5.74, 6) is -0.192. The molecule has 1 amide bonds. The van der Waals surface area contributed by atoms with Crippen LogP contribution in [0.1, 0.15) is 37.7 Å². The van der Waals surface area contributed by atoms with Crippen molar-refractivity contribution in [1.82, 2.24) is 5.32 Å². The van der Waals surface area contributed by atoms with Gasteiger partial charge < -0.3 is 15.2 Å². The molecule has 0 saturated carbocycles. The fourth-order valence-corrected chi connectivity index (χ4v) is 2.30. The van der Waals surface area contributed by atoms with Crippen molar-refractivity contribution in [3.8, 4) is 5.75 Å². The Labute approximate surface area is 135 Å². The number of unbranched alkanes of at least 4 members (excludes halogenated alkanes) is 3. The van der Waals surface area contributed by atoms with Gasteiger partial charge in [-0.3, -0.25) is 9.59 Å². The number of hydrogen-bond acceptors (Lipinski definition) is 3. The van der Waals surface area contributed by atoms with Crippen LogP contribution in [-0.4, -0.2) is 30.6 Å². The summed E-state index contributed by atoms with van der Waals surface area (Å²) in [6.45, 7) is 0.592. The van der Waals surface area contributed by atoms with Crippen molar-refractivity contribution in [1.29, 1.82) is 0 Å². The van der Waals surface area contributed by atoms with Crippen molar-refractivity contribution in [2.75, 3.05) is 13.7 Å². The number of carbonyl (C=O) groups is 2. The van der Waals surface area contributed by atoms with Gasteiger partial charge in [0.25, 0.3) is 0 Å². The van der Waals surface area contributed by atoms with Crippen LogP contribution in [0.4, 0.5) is 0 Å². The lowest BCUT2D eigenvalue weighted by Gasteiger charge is -2.09. The molecule has 1 rings (SSSR count). The molecule has 0 atom stereocenters. The second-order valence-electron chi connectivity index (χ2n) is 5.04. The van der Waals surface area contributed by atoms with Crippen molar-refractivity contribution in [2.45, 2.75) is 38.5 Å². The minimum atomic E-state index is -0.760. The Morgan fingerprint density at radius 2 is 1.95 bits per heavy atom. The van der Waals surface area contributed by atoms with E-state index < -0.39 is 5.97 Å². The predicted molar refractivity (Wildman–Crippen MR) is 85.4 cm³/mol. The fraction of sp³-hybridized carbons (Fsp3) is 0.500. The quantitative estimate of drug-likeness (QED) is 0.648. The second kappa shape index (κ2) is 10.1. The normalized spacial score (nSPS) is 10.3. The summed E-state index contributed by atoms with van der Waals surface area (Å²) >= 11 is 5.93. The summed E-state index contributed by atoms with van der Waals surface area (Å²) in [7, 11) is 1.56. The molecular weight excluding hydrogens is 306 g/mol. The topological polar surface area (TPSA) is 75.6 Å². The van der Waals surface area contributed by atoms with Crippen LogP contribution in [-0.2, 0) is 16.0 Å². The van der Waals surface area contributed by atoms with Crippen molar-refractivity contribution >= 4 is 23.5 Å². The number of methoxy groups -OCH3 is 1. The van der Waals surface area contributed by atoms with E-state index in [0.717, 1.165) is 24.8 Å². The average Bonchev–Trinajstić information content (AvgIpc) is 2.46. The monoisotopic (exact) mass is 327 g/mol. The summed E-state index contributed by atoms with van der Waals surface area (Å²) in [6, 6.07) is 5.19. The van der Waals surface area contributed by atoms with Gasteiger partial charge in [-0.2, -0.15) is 0 Å². The molecule has 6 heteroatoms. The summed E-state index contributed by atoms with van der Waals surface area (Å²) in [5.41, 5.74) is 0.758. The number of ether oxygens (including phenoxy) is 1. The van der Waals surface area contributed by atoms with E-state index in [9.17, 15) is 9.59 Å². The largest absolute Gasteiger partial charge is 0.496 e. The van der Waals surface area contributed by atoms with Gasteiger partial charge in [-0.1, -0.05) is 24.4 Å². The zero-order valence-corrected chi connectivity index (χ0v) is 13.5. The molecule has 5 nitrogen and oxygen atoms in total. The molecule has 0 fully saturated rings. The summed E-state index contributed by atoms with van der Waals surface area (Å²) in [4.78, 5) is 22.2. The molecule has 1 aromatic rings. The number of halogens is 1. The van der Waals surface area contributed by atoms with E-state index in [0.29, 0.717) is 23.7 Å². The van der Waals surface area contributed by atoms with E-state index >= 15 is 0 Å². The van der Waals surface area contributed by atoms with Gasteiger partial charge in [0.2, 0.25) is 5.91 Å². The Hall–Kier alpha value is -1.75. The van der Waals surface area contributed by atoms with E-state index in [2.05, 4.69) is 5.32 Å². The van der Waals surface area contributed by atoms with Gasteiger partial charge in [0, 0.05) is 23.6 Å². The lowest BCUT2D eigenvalue weighted by molar-refractivity contribution is -0.137. The first-order valence-electron chi connectivity index (χ1n) is 7.34. The first-order valence-corrected chi connectivity index (χ1v) is 7.71. The van der Waals surface area contributed by atoms with E-state index in [-0.39, 0.29) is 18.7 Å². The highest BCUT2D eigenvalue weighted by Crippen LogP contribution is 2.22. The fourth-order valence-electron chi connectivity index (χ4n) is 2.10. The van der Waals surface area contributed by atoms with Gasteiger partial charge >= 0.3 is 5.97 Å². The molecule has 0 spiro atoms. The SMILES string of the molecule is COc1ccc(Cl)cc1CC(=O)NCCCCCCC(=O)O.